The molecule has 3 aromatic rings. The largest absolute Gasteiger partial charge is 0.368 e. The smallest absolute Gasteiger partial charge is 0.232 e. The minimum Gasteiger partial charge on any atom is -0.368 e. The van der Waals surface area contributed by atoms with Crippen molar-refractivity contribution in [3.63, 3.8) is 0 Å². The fourth-order valence-corrected chi connectivity index (χ4v) is 2.44. The van der Waals surface area contributed by atoms with Crippen LogP contribution in [0.3, 0.4) is 0 Å². The molecule has 0 spiro atoms. The van der Waals surface area contributed by atoms with Gasteiger partial charge in [0.25, 0.3) is 0 Å². The van der Waals surface area contributed by atoms with Gasteiger partial charge in [-0.25, -0.2) is 0 Å². The Morgan fingerprint density at radius 3 is 2.48 bits per heavy atom. The number of aromatic nitrogens is 3. The van der Waals surface area contributed by atoms with Crippen LogP contribution in [0.5, 0.6) is 0 Å². The van der Waals surface area contributed by atoms with Crippen molar-refractivity contribution in [2.75, 3.05) is 11.1 Å². The van der Waals surface area contributed by atoms with Gasteiger partial charge in [-0.05, 0) is 37.1 Å². The lowest BCUT2D eigenvalue weighted by atomic mass is 10.0. The number of aryl methyl sites for hydroxylation is 2. The summed E-state index contributed by atoms with van der Waals surface area (Å²) in [6.07, 6.45) is 0.627. The van der Waals surface area contributed by atoms with E-state index in [0.29, 0.717) is 18.2 Å². The van der Waals surface area contributed by atoms with Crippen molar-refractivity contribution in [1.82, 2.24) is 15.0 Å². The molecular formula is C18H19N5. The third-order valence-electron chi connectivity index (χ3n) is 3.58. The molecule has 116 valence electrons. The molecular weight excluding hydrogens is 286 g/mol. The average molecular weight is 305 g/mol. The number of nitrogens with zero attached hydrogens (tertiary/aromatic N) is 3. The van der Waals surface area contributed by atoms with Gasteiger partial charge in [-0.15, -0.1) is 0 Å². The Kier molecular flexibility index (Phi) is 4.19. The van der Waals surface area contributed by atoms with Crippen LogP contribution in [-0.4, -0.2) is 15.0 Å². The van der Waals surface area contributed by atoms with E-state index >= 15 is 0 Å². The van der Waals surface area contributed by atoms with Crippen LogP contribution in [0.4, 0.5) is 17.6 Å². The number of nitrogen functional groups attached to an aromatic ring is 1. The summed E-state index contributed by atoms with van der Waals surface area (Å²) in [7, 11) is 0. The monoisotopic (exact) mass is 305 g/mol. The predicted molar refractivity (Wildman–Crippen MR) is 92.7 cm³/mol. The predicted octanol–water partition coefficient (Wildman–Crippen LogP) is 3.41. The molecule has 1 heterocycles. The molecule has 5 heteroatoms. The summed E-state index contributed by atoms with van der Waals surface area (Å²) in [5.74, 6) is 1.34. The van der Waals surface area contributed by atoms with Crippen molar-refractivity contribution in [2.45, 2.75) is 20.3 Å². The van der Waals surface area contributed by atoms with E-state index in [9.17, 15) is 0 Å². The second kappa shape index (κ2) is 6.44. The third-order valence-corrected chi connectivity index (χ3v) is 3.58. The first-order chi connectivity index (χ1) is 11.1. The fraction of sp³-hybridized carbons (Fsp3) is 0.167. The van der Waals surface area contributed by atoms with E-state index in [1.807, 2.05) is 30.3 Å². The van der Waals surface area contributed by atoms with Gasteiger partial charge < -0.3 is 11.1 Å². The van der Waals surface area contributed by atoms with Crippen LogP contribution in [0.25, 0.3) is 0 Å². The summed E-state index contributed by atoms with van der Waals surface area (Å²) >= 11 is 0. The van der Waals surface area contributed by atoms with Crippen LogP contribution in [0, 0.1) is 13.8 Å². The number of anilines is 3. The SMILES string of the molecule is Cc1ccc(Cc2nc(N)nc(Nc3ccccc3)n2)c(C)c1. The summed E-state index contributed by atoms with van der Waals surface area (Å²) in [6, 6.07) is 16.1. The number of nitrogens with one attached hydrogen (secondary N) is 1. The van der Waals surface area contributed by atoms with E-state index in [1.165, 1.54) is 16.7 Å². The summed E-state index contributed by atoms with van der Waals surface area (Å²) in [5.41, 5.74) is 10.4. The van der Waals surface area contributed by atoms with E-state index in [-0.39, 0.29) is 5.95 Å². The second-order valence-electron chi connectivity index (χ2n) is 5.53. The quantitative estimate of drug-likeness (QED) is 0.772. The zero-order chi connectivity index (χ0) is 16.2. The van der Waals surface area contributed by atoms with E-state index in [2.05, 4.69) is 52.3 Å². The van der Waals surface area contributed by atoms with Crippen LogP contribution < -0.4 is 11.1 Å². The maximum absolute atomic E-state index is 5.83. The number of nitrogens with two attached hydrogens (primary N) is 1. The maximum Gasteiger partial charge on any atom is 0.232 e. The maximum atomic E-state index is 5.83. The number of hydrogen-bond donors (Lipinski definition) is 2. The topological polar surface area (TPSA) is 76.7 Å². The minimum absolute atomic E-state index is 0.221. The normalized spacial score (nSPS) is 10.5. The molecule has 5 nitrogen and oxygen atoms in total. The first-order valence-corrected chi connectivity index (χ1v) is 7.49. The molecule has 0 fully saturated rings. The highest BCUT2D eigenvalue weighted by Crippen LogP contribution is 2.16. The van der Waals surface area contributed by atoms with Gasteiger partial charge in [-0.2, -0.15) is 15.0 Å². The number of hydrogen-bond acceptors (Lipinski definition) is 5. The molecule has 0 saturated heterocycles. The molecule has 0 amide bonds. The Labute approximate surface area is 135 Å². The molecule has 0 aliphatic carbocycles. The standard InChI is InChI=1S/C18H19N5/c1-12-8-9-14(13(2)10-12)11-16-21-17(19)23-18(22-16)20-15-6-4-3-5-7-15/h3-10H,11H2,1-2H3,(H3,19,20,21,22,23). The van der Waals surface area contributed by atoms with Gasteiger partial charge in [-0.3, -0.25) is 0 Å². The van der Waals surface area contributed by atoms with Crippen LogP contribution in [0.2, 0.25) is 0 Å². The highest BCUT2D eigenvalue weighted by molar-refractivity contribution is 5.53. The lowest BCUT2D eigenvalue weighted by Crippen LogP contribution is -2.08. The average Bonchev–Trinajstić information content (AvgIpc) is 2.50. The molecule has 1 aromatic heterocycles. The second-order valence-corrected chi connectivity index (χ2v) is 5.53. The molecule has 3 N–H and O–H groups in total. The van der Waals surface area contributed by atoms with Crippen molar-refractivity contribution in [3.8, 4) is 0 Å². The van der Waals surface area contributed by atoms with Gasteiger partial charge in [0.2, 0.25) is 11.9 Å². The van der Waals surface area contributed by atoms with Crippen molar-refractivity contribution >= 4 is 17.6 Å². The molecule has 0 unspecified atom stereocenters. The number of para-hydroxylation sites is 1. The molecule has 3 rings (SSSR count). The third kappa shape index (κ3) is 3.83. The highest BCUT2D eigenvalue weighted by atomic mass is 15.2. The number of rotatable bonds is 4. The van der Waals surface area contributed by atoms with Crippen molar-refractivity contribution in [2.24, 2.45) is 0 Å². The Balaban J connectivity index is 1.85. The lowest BCUT2D eigenvalue weighted by Gasteiger charge is -2.09. The van der Waals surface area contributed by atoms with E-state index in [0.717, 1.165) is 5.69 Å². The van der Waals surface area contributed by atoms with Gasteiger partial charge in [0.15, 0.2) is 0 Å². The van der Waals surface area contributed by atoms with Crippen molar-refractivity contribution in [3.05, 3.63) is 71.0 Å². The lowest BCUT2D eigenvalue weighted by molar-refractivity contribution is 0.930. The van der Waals surface area contributed by atoms with Gasteiger partial charge in [0, 0.05) is 12.1 Å². The Bertz CT molecular complexity index is 815. The molecule has 0 saturated carbocycles. The molecule has 0 atom stereocenters. The molecule has 0 aliphatic heterocycles. The molecule has 0 radical (unpaired) electrons. The van der Waals surface area contributed by atoms with Crippen LogP contribution in [0.1, 0.15) is 22.5 Å². The summed E-state index contributed by atoms with van der Waals surface area (Å²) in [4.78, 5) is 12.9. The zero-order valence-electron chi connectivity index (χ0n) is 13.2. The van der Waals surface area contributed by atoms with Gasteiger partial charge in [-0.1, -0.05) is 42.0 Å². The van der Waals surface area contributed by atoms with Crippen molar-refractivity contribution in [1.29, 1.82) is 0 Å². The first-order valence-electron chi connectivity index (χ1n) is 7.49. The van der Waals surface area contributed by atoms with E-state index in [4.69, 9.17) is 5.73 Å². The molecule has 23 heavy (non-hydrogen) atoms. The van der Waals surface area contributed by atoms with Crippen molar-refractivity contribution < 1.29 is 0 Å². The van der Waals surface area contributed by atoms with E-state index in [1.54, 1.807) is 0 Å². The minimum atomic E-state index is 0.221. The van der Waals surface area contributed by atoms with Gasteiger partial charge in [0.05, 0.1) is 0 Å². The Hall–Kier alpha value is -2.95. The van der Waals surface area contributed by atoms with Gasteiger partial charge in [0.1, 0.15) is 5.82 Å². The van der Waals surface area contributed by atoms with Crippen LogP contribution in [0.15, 0.2) is 48.5 Å². The van der Waals surface area contributed by atoms with Crippen LogP contribution >= 0.6 is 0 Å². The first kappa shape index (κ1) is 15.0. The molecule has 0 aliphatic rings. The summed E-state index contributed by atoms with van der Waals surface area (Å²) < 4.78 is 0. The fourth-order valence-electron chi connectivity index (χ4n) is 2.44. The van der Waals surface area contributed by atoms with Gasteiger partial charge >= 0.3 is 0 Å². The summed E-state index contributed by atoms with van der Waals surface area (Å²) in [6.45, 7) is 4.18. The molecule has 2 aromatic carbocycles. The Morgan fingerprint density at radius 2 is 1.74 bits per heavy atom. The summed E-state index contributed by atoms with van der Waals surface area (Å²) in [5, 5.41) is 3.15. The van der Waals surface area contributed by atoms with E-state index < -0.39 is 0 Å². The Morgan fingerprint density at radius 1 is 0.957 bits per heavy atom. The molecule has 0 bridgehead atoms. The number of benzene rings is 2. The zero-order valence-corrected chi connectivity index (χ0v) is 13.2. The highest BCUT2D eigenvalue weighted by Gasteiger charge is 2.08. The van der Waals surface area contributed by atoms with Crippen LogP contribution in [-0.2, 0) is 6.42 Å².